The van der Waals surface area contributed by atoms with Crippen LogP contribution in [-0.2, 0) is 4.74 Å². The fourth-order valence-corrected chi connectivity index (χ4v) is 3.98. The van der Waals surface area contributed by atoms with Crippen LogP contribution in [0.4, 0.5) is 0 Å². The highest BCUT2D eigenvalue weighted by atomic mass is 16.5. The number of nitrogens with one attached hydrogen (secondary N) is 1. The highest BCUT2D eigenvalue weighted by Gasteiger charge is 2.35. The Kier molecular flexibility index (Phi) is 6.11. The zero-order valence-corrected chi connectivity index (χ0v) is 13.0. The molecular weight excluding hydrogens is 236 g/mol. The first kappa shape index (κ1) is 15.3. The molecule has 1 aliphatic carbocycles. The van der Waals surface area contributed by atoms with Crippen molar-refractivity contribution in [1.29, 1.82) is 0 Å². The van der Waals surface area contributed by atoms with Crippen molar-refractivity contribution in [3.63, 3.8) is 0 Å². The molecule has 3 nitrogen and oxygen atoms in total. The first-order chi connectivity index (χ1) is 9.28. The molecule has 112 valence electrons. The molecule has 19 heavy (non-hydrogen) atoms. The monoisotopic (exact) mass is 268 g/mol. The van der Waals surface area contributed by atoms with Gasteiger partial charge in [0.2, 0.25) is 0 Å². The SMILES string of the molecule is CCOC1CCCN(C2CC(CC)CCC2NC)C1. The summed E-state index contributed by atoms with van der Waals surface area (Å²) < 4.78 is 5.86. The van der Waals surface area contributed by atoms with Gasteiger partial charge >= 0.3 is 0 Å². The minimum Gasteiger partial charge on any atom is -0.377 e. The average molecular weight is 268 g/mol. The molecule has 3 heteroatoms. The zero-order chi connectivity index (χ0) is 13.7. The molecule has 0 radical (unpaired) electrons. The second kappa shape index (κ2) is 7.61. The molecule has 4 unspecified atom stereocenters. The Balaban J connectivity index is 1.95. The van der Waals surface area contributed by atoms with Gasteiger partial charge in [-0.05, 0) is 58.5 Å². The summed E-state index contributed by atoms with van der Waals surface area (Å²) >= 11 is 0. The van der Waals surface area contributed by atoms with Gasteiger partial charge < -0.3 is 10.1 Å². The Morgan fingerprint density at radius 2 is 2.05 bits per heavy atom. The van der Waals surface area contributed by atoms with E-state index in [2.05, 4.69) is 31.1 Å². The Labute approximate surface area is 119 Å². The van der Waals surface area contributed by atoms with Crippen LogP contribution in [-0.4, -0.2) is 49.8 Å². The van der Waals surface area contributed by atoms with Crippen LogP contribution in [0, 0.1) is 5.92 Å². The Hall–Kier alpha value is -0.120. The lowest BCUT2D eigenvalue weighted by Crippen LogP contribution is -2.56. The van der Waals surface area contributed by atoms with Crippen molar-refractivity contribution >= 4 is 0 Å². The highest BCUT2D eigenvalue weighted by Crippen LogP contribution is 2.31. The molecule has 4 atom stereocenters. The minimum atomic E-state index is 0.471. The van der Waals surface area contributed by atoms with Gasteiger partial charge in [-0.3, -0.25) is 4.90 Å². The number of likely N-dealkylation sites (tertiary alicyclic amines) is 1. The number of ether oxygens (including phenoxy) is 1. The van der Waals surface area contributed by atoms with Gasteiger partial charge in [-0.25, -0.2) is 0 Å². The standard InChI is InChI=1S/C16H32N2O/c1-4-13-8-9-15(17-3)16(11-13)18-10-6-7-14(12-18)19-5-2/h13-17H,4-12H2,1-3H3. The van der Waals surface area contributed by atoms with Crippen LogP contribution in [0.5, 0.6) is 0 Å². The van der Waals surface area contributed by atoms with Gasteiger partial charge in [-0.15, -0.1) is 0 Å². The first-order valence-electron chi connectivity index (χ1n) is 8.31. The molecule has 1 saturated heterocycles. The molecule has 2 aliphatic rings. The molecule has 1 saturated carbocycles. The van der Waals surface area contributed by atoms with E-state index in [-0.39, 0.29) is 0 Å². The van der Waals surface area contributed by atoms with Crippen molar-refractivity contribution in [3.8, 4) is 0 Å². The van der Waals surface area contributed by atoms with E-state index in [0.29, 0.717) is 12.1 Å². The summed E-state index contributed by atoms with van der Waals surface area (Å²) in [5.41, 5.74) is 0. The van der Waals surface area contributed by atoms with E-state index in [1.54, 1.807) is 0 Å². The number of nitrogens with zero attached hydrogens (tertiary/aromatic N) is 1. The van der Waals surface area contributed by atoms with Crippen LogP contribution < -0.4 is 5.32 Å². The minimum absolute atomic E-state index is 0.471. The Morgan fingerprint density at radius 3 is 2.74 bits per heavy atom. The fourth-order valence-electron chi connectivity index (χ4n) is 3.98. The van der Waals surface area contributed by atoms with Crippen LogP contribution >= 0.6 is 0 Å². The van der Waals surface area contributed by atoms with Crippen LogP contribution in [0.3, 0.4) is 0 Å². The summed E-state index contributed by atoms with van der Waals surface area (Å²) in [6.45, 7) is 7.73. The van der Waals surface area contributed by atoms with Gasteiger partial charge in [-0.2, -0.15) is 0 Å². The molecule has 1 N–H and O–H groups in total. The maximum atomic E-state index is 5.86. The second-order valence-corrected chi connectivity index (χ2v) is 6.26. The second-order valence-electron chi connectivity index (χ2n) is 6.26. The Bertz CT molecular complexity index is 257. The van der Waals surface area contributed by atoms with E-state index in [9.17, 15) is 0 Å². The molecule has 0 amide bonds. The smallest absolute Gasteiger partial charge is 0.0702 e. The number of hydrogen-bond donors (Lipinski definition) is 1. The maximum absolute atomic E-state index is 5.86. The van der Waals surface area contributed by atoms with Crippen LogP contribution in [0.25, 0.3) is 0 Å². The van der Waals surface area contributed by atoms with Crippen molar-refractivity contribution in [1.82, 2.24) is 10.2 Å². The van der Waals surface area contributed by atoms with E-state index >= 15 is 0 Å². The largest absolute Gasteiger partial charge is 0.377 e. The number of hydrogen-bond acceptors (Lipinski definition) is 3. The highest BCUT2D eigenvalue weighted by molar-refractivity contribution is 4.92. The molecule has 2 rings (SSSR count). The quantitative estimate of drug-likeness (QED) is 0.829. The van der Waals surface area contributed by atoms with Crippen LogP contribution in [0.2, 0.25) is 0 Å². The Morgan fingerprint density at radius 1 is 1.21 bits per heavy atom. The zero-order valence-electron chi connectivity index (χ0n) is 13.0. The van der Waals surface area contributed by atoms with Gasteiger partial charge in [0, 0.05) is 25.2 Å². The van der Waals surface area contributed by atoms with Gasteiger partial charge in [0.25, 0.3) is 0 Å². The van der Waals surface area contributed by atoms with E-state index in [1.165, 1.54) is 45.1 Å². The molecule has 0 spiro atoms. The number of likely N-dealkylation sites (N-methyl/N-ethyl adjacent to an activating group) is 1. The summed E-state index contributed by atoms with van der Waals surface area (Å²) in [7, 11) is 2.13. The summed E-state index contributed by atoms with van der Waals surface area (Å²) in [5.74, 6) is 0.932. The number of rotatable bonds is 5. The van der Waals surface area contributed by atoms with E-state index < -0.39 is 0 Å². The first-order valence-corrected chi connectivity index (χ1v) is 8.31. The van der Waals surface area contributed by atoms with Gasteiger partial charge in [-0.1, -0.05) is 13.3 Å². The van der Waals surface area contributed by atoms with Crippen LogP contribution in [0.1, 0.15) is 52.4 Å². The third-order valence-corrected chi connectivity index (χ3v) is 5.15. The third kappa shape index (κ3) is 3.93. The average Bonchev–Trinajstić information content (AvgIpc) is 2.47. The molecule has 0 aromatic heterocycles. The molecular formula is C16H32N2O. The normalized spacial score (nSPS) is 37.4. The van der Waals surface area contributed by atoms with Gasteiger partial charge in [0.05, 0.1) is 6.10 Å². The van der Waals surface area contributed by atoms with E-state index in [0.717, 1.165) is 25.1 Å². The van der Waals surface area contributed by atoms with Crippen molar-refractivity contribution in [2.75, 3.05) is 26.7 Å². The van der Waals surface area contributed by atoms with Gasteiger partial charge in [0.15, 0.2) is 0 Å². The van der Waals surface area contributed by atoms with Crippen LogP contribution in [0.15, 0.2) is 0 Å². The predicted molar refractivity (Wildman–Crippen MR) is 80.5 cm³/mol. The van der Waals surface area contributed by atoms with Crippen molar-refractivity contribution in [3.05, 3.63) is 0 Å². The van der Waals surface area contributed by atoms with Gasteiger partial charge in [0.1, 0.15) is 0 Å². The molecule has 2 fully saturated rings. The fraction of sp³-hybridized carbons (Fsp3) is 1.00. The lowest BCUT2D eigenvalue weighted by molar-refractivity contribution is -0.0221. The van der Waals surface area contributed by atoms with Crippen molar-refractivity contribution < 1.29 is 4.74 Å². The number of piperidine rings is 1. The van der Waals surface area contributed by atoms with Crippen molar-refractivity contribution in [2.24, 2.45) is 5.92 Å². The van der Waals surface area contributed by atoms with E-state index in [4.69, 9.17) is 4.74 Å². The summed E-state index contributed by atoms with van der Waals surface area (Å²) in [6.07, 6.45) is 8.48. The molecule has 1 aliphatic heterocycles. The molecule has 0 bridgehead atoms. The lowest BCUT2D eigenvalue weighted by Gasteiger charge is -2.45. The summed E-state index contributed by atoms with van der Waals surface area (Å²) in [4.78, 5) is 2.72. The molecule has 0 aromatic rings. The molecule has 0 aromatic carbocycles. The summed E-state index contributed by atoms with van der Waals surface area (Å²) in [6, 6.07) is 1.41. The third-order valence-electron chi connectivity index (χ3n) is 5.15. The lowest BCUT2D eigenvalue weighted by atomic mass is 9.79. The summed E-state index contributed by atoms with van der Waals surface area (Å²) in [5, 5.41) is 3.56. The maximum Gasteiger partial charge on any atom is 0.0702 e. The van der Waals surface area contributed by atoms with Crippen molar-refractivity contribution in [2.45, 2.75) is 70.6 Å². The van der Waals surface area contributed by atoms with E-state index in [1.807, 2.05) is 0 Å². The topological polar surface area (TPSA) is 24.5 Å². The molecule has 1 heterocycles. The predicted octanol–water partition coefficient (Wildman–Crippen LogP) is 2.65.